The average molecular weight is 353 g/mol. The SMILES string of the molecule is COc1ccc(Cc2n[nH]c3c2CN(C(=O)c2ccsc2)CC3)cc1. The van der Waals surface area contributed by atoms with Crippen LogP contribution in [0, 0.1) is 0 Å². The van der Waals surface area contributed by atoms with E-state index in [1.165, 1.54) is 5.56 Å². The predicted octanol–water partition coefficient (Wildman–Crippen LogP) is 3.27. The lowest BCUT2D eigenvalue weighted by molar-refractivity contribution is 0.0734. The molecule has 3 heterocycles. The van der Waals surface area contributed by atoms with Crippen LogP contribution in [0.25, 0.3) is 0 Å². The molecule has 1 aliphatic rings. The Morgan fingerprint density at radius 1 is 1.32 bits per heavy atom. The van der Waals surface area contributed by atoms with Gasteiger partial charge in [-0.3, -0.25) is 9.89 Å². The number of nitrogens with one attached hydrogen (secondary N) is 1. The zero-order valence-corrected chi connectivity index (χ0v) is 14.8. The van der Waals surface area contributed by atoms with E-state index in [9.17, 15) is 4.79 Å². The molecular formula is C19H19N3O2S. The first-order valence-corrected chi connectivity index (χ1v) is 9.18. The zero-order valence-electron chi connectivity index (χ0n) is 14.0. The molecule has 25 heavy (non-hydrogen) atoms. The molecule has 5 nitrogen and oxygen atoms in total. The molecule has 128 valence electrons. The average Bonchev–Trinajstić information content (AvgIpc) is 3.32. The molecule has 1 N–H and O–H groups in total. The first-order chi connectivity index (χ1) is 12.2. The number of fused-ring (bicyclic) bond motifs is 1. The Hall–Kier alpha value is -2.60. The summed E-state index contributed by atoms with van der Waals surface area (Å²) in [5.41, 5.74) is 5.27. The zero-order chi connectivity index (χ0) is 17.2. The second kappa shape index (κ2) is 6.72. The summed E-state index contributed by atoms with van der Waals surface area (Å²) in [6.07, 6.45) is 1.57. The van der Waals surface area contributed by atoms with Gasteiger partial charge < -0.3 is 9.64 Å². The smallest absolute Gasteiger partial charge is 0.255 e. The van der Waals surface area contributed by atoms with Crippen LogP contribution >= 0.6 is 11.3 Å². The predicted molar refractivity (Wildman–Crippen MR) is 97.2 cm³/mol. The number of nitrogens with zero attached hydrogens (tertiary/aromatic N) is 2. The van der Waals surface area contributed by atoms with E-state index in [-0.39, 0.29) is 5.91 Å². The number of amides is 1. The van der Waals surface area contributed by atoms with Crippen molar-refractivity contribution < 1.29 is 9.53 Å². The van der Waals surface area contributed by atoms with Crippen LogP contribution in [-0.2, 0) is 19.4 Å². The van der Waals surface area contributed by atoms with Crippen LogP contribution < -0.4 is 4.74 Å². The third-order valence-electron chi connectivity index (χ3n) is 4.61. The molecule has 0 saturated heterocycles. The lowest BCUT2D eigenvalue weighted by atomic mass is 10.0. The van der Waals surface area contributed by atoms with Gasteiger partial charge in [-0.2, -0.15) is 16.4 Å². The van der Waals surface area contributed by atoms with Crippen molar-refractivity contribution in [3.63, 3.8) is 0 Å². The molecule has 1 aromatic carbocycles. The van der Waals surface area contributed by atoms with Gasteiger partial charge in [0.15, 0.2) is 0 Å². The fraction of sp³-hybridized carbons (Fsp3) is 0.263. The Morgan fingerprint density at radius 3 is 2.88 bits per heavy atom. The summed E-state index contributed by atoms with van der Waals surface area (Å²) in [4.78, 5) is 14.5. The molecule has 0 aliphatic carbocycles. The van der Waals surface area contributed by atoms with Crippen LogP contribution in [0.3, 0.4) is 0 Å². The van der Waals surface area contributed by atoms with Gasteiger partial charge in [-0.15, -0.1) is 0 Å². The molecule has 4 rings (SSSR count). The van der Waals surface area contributed by atoms with Crippen molar-refractivity contribution in [2.45, 2.75) is 19.4 Å². The standard InChI is InChI=1S/C19H19N3O2S/c1-24-15-4-2-13(3-5-15)10-18-16-11-22(8-6-17(16)20-21-18)19(23)14-7-9-25-12-14/h2-5,7,9,12H,6,8,10-11H2,1H3,(H,20,21). The van der Waals surface area contributed by atoms with E-state index in [0.29, 0.717) is 6.54 Å². The molecule has 3 aromatic rings. The van der Waals surface area contributed by atoms with E-state index in [0.717, 1.165) is 47.7 Å². The van der Waals surface area contributed by atoms with E-state index < -0.39 is 0 Å². The number of ether oxygens (including phenoxy) is 1. The van der Waals surface area contributed by atoms with Gasteiger partial charge in [-0.1, -0.05) is 12.1 Å². The number of methoxy groups -OCH3 is 1. The Morgan fingerprint density at radius 2 is 2.16 bits per heavy atom. The van der Waals surface area contributed by atoms with E-state index in [1.807, 2.05) is 33.9 Å². The number of aromatic nitrogens is 2. The minimum Gasteiger partial charge on any atom is -0.497 e. The van der Waals surface area contributed by atoms with Crippen molar-refractivity contribution in [1.29, 1.82) is 0 Å². The quantitative estimate of drug-likeness (QED) is 0.783. The maximum Gasteiger partial charge on any atom is 0.255 e. The number of hydrogen-bond donors (Lipinski definition) is 1. The Labute approximate surface area is 150 Å². The molecule has 6 heteroatoms. The molecule has 0 radical (unpaired) electrons. The second-order valence-electron chi connectivity index (χ2n) is 6.14. The van der Waals surface area contributed by atoms with Gasteiger partial charge in [0.25, 0.3) is 5.91 Å². The molecule has 1 amide bonds. The monoisotopic (exact) mass is 353 g/mol. The molecule has 0 unspecified atom stereocenters. The van der Waals surface area contributed by atoms with Crippen molar-refractivity contribution in [2.24, 2.45) is 0 Å². The van der Waals surface area contributed by atoms with E-state index in [2.05, 4.69) is 22.3 Å². The number of carbonyl (C=O) groups is 1. The van der Waals surface area contributed by atoms with Crippen LogP contribution in [0.1, 0.15) is 32.9 Å². The maximum atomic E-state index is 12.6. The minimum atomic E-state index is 0.100. The van der Waals surface area contributed by atoms with Crippen molar-refractivity contribution in [1.82, 2.24) is 15.1 Å². The highest BCUT2D eigenvalue weighted by molar-refractivity contribution is 7.08. The van der Waals surface area contributed by atoms with Crippen molar-refractivity contribution in [3.8, 4) is 5.75 Å². The molecule has 0 spiro atoms. The van der Waals surface area contributed by atoms with Gasteiger partial charge in [-0.25, -0.2) is 0 Å². The number of rotatable bonds is 4. The van der Waals surface area contributed by atoms with Gasteiger partial charge in [-0.05, 0) is 29.1 Å². The van der Waals surface area contributed by atoms with Gasteiger partial charge in [0.2, 0.25) is 0 Å². The number of aromatic amines is 1. The number of benzene rings is 1. The van der Waals surface area contributed by atoms with Gasteiger partial charge >= 0.3 is 0 Å². The lowest BCUT2D eigenvalue weighted by Gasteiger charge is -2.27. The third-order valence-corrected chi connectivity index (χ3v) is 5.29. The van der Waals surface area contributed by atoms with Crippen LogP contribution in [0.15, 0.2) is 41.1 Å². The number of thiophene rings is 1. The topological polar surface area (TPSA) is 58.2 Å². The molecule has 2 aromatic heterocycles. The first-order valence-electron chi connectivity index (χ1n) is 8.24. The molecule has 0 bridgehead atoms. The summed E-state index contributed by atoms with van der Waals surface area (Å²) in [7, 11) is 1.66. The third kappa shape index (κ3) is 3.17. The molecular weight excluding hydrogens is 334 g/mol. The highest BCUT2D eigenvalue weighted by Gasteiger charge is 2.26. The summed E-state index contributed by atoms with van der Waals surface area (Å²) in [6.45, 7) is 1.35. The van der Waals surface area contributed by atoms with Crippen molar-refractivity contribution >= 4 is 17.2 Å². The highest BCUT2D eigenvalue weighted by Crippen LogP contribution is 2.24. The Kier molecular flexibility index (Phi) is 4.28. The molecule has 1 aliphatic heterocycles. The Bertz CT molecular complexity index is 869. The minimum absolute atomic E-state index is 0.100. The number of carbonyl (C=O) groups excluding carboxylic acids is 1. The molecule has 0 atom stereocenters. The van der Waals surface area contributed by atoms with Crippen LogP contribution in [0.4, 0.5) is 0 Å². The number of H-pyrrole nitrogens is 1. The molecule has 0 saturated carbocycles. The van der Waals surface area contributed by atoms with Crippen LogP contribution in [-0.4, -0.2) is 34.7 Å². The van der Waals surface area contributed by atoms with Crippen LogP contribution in [0.5, 0.6) is 5.75 Å². The number of hydrogen-bond acceptors (Lipinski definition) is 4. The lowest BCUT2D eigenvalue weighted by Crippen LogP contribution is -2.35. The van der Waals surface area contributed by atoms with Gasteiger partial charge in [0.1, 0.15) is 5.75 Å². The summed E-state index contributed by atoms with van der Waals surface area (Å²) in [6, 6.07) is 9.91. The summed E-state index contributed by atoms with van der Waals surface area (Å²) in [5, 5.41) is 11.5. The second-order valence-corrected chi connectivity index (χ2v) is 6.92. The normalized spacial score (nSPS) is 13.6. The fourth-order valence-corrected chi connectivity index (χ4v) is 3.81. The van der Waals surface area contributed by atoms with E-state index >= 15 is 0 Å². The fourth-order valence-electron chi connectivity index (χ4n) is 3.18. The van der Waals surface area contributed by atoms with Gasteiger partial charge in [0.05, 0.1) is 18.4 Å². The molecule has 0 fully saturated rings. The maximum absolute atomic E-state index is 12.6. The van der Waals surface area contributed by atoms with Crippen molar-refractivity contribution in [3.05, 3.63) is 69.2 Å². The van der Waals surface area contributed by atoms with Crippen molar-refractivity contribution in [2.75, 3.05) is 13.7 Å². The largest absolute Gasteiger partial charge is 0.497 e. The highest BCUT2D eigenvalue weighted by atomic mass is 32.1. The summed E-state index contributed by atoms with van der Waals surface area (Å²) >= 11 is 1.55. The van der Waals surface area contributed by atoms with E-state index in [4.69, 9.17) is 4.74 Å². The Balaban J connectivity index is 1.53. The summed E-state index contributed by atoms with van der Waals surface area (Å²) in [5.74, 6) is 0.948. The van der Waals surface area contributed by atoms with E-state index in [1.54, 1.807) is 18.4 Å². The van der Waals surface area contributed by atoms with Gasteiger partial charge in [0, 0.05) is 42.6 Å². The van der Waals surface area contributed by atoms with Crippen LogP contribution in [0.2, 0.25) is 0 Å². The first kappa shape index (κ1) is 15.9. The summed E-state index contributed by atoms with van der Waals surface area (Å²) < 4.78 is 5.21.